The molecule has 0 aromatic heterocycles. The highest BCUT2D eigenvalue weighted by molar-refractivity contribution is 5.99. The minimum absolute atomic E-state index is 0.00929. The van der Waals surface area contributed by atoms with E-state index >= 15 is 0 Å². The van der Waals surface area contributed by atoms with Gasteiger partial charge in [0.1, 0.15) is 11.5 Å². The molecule has 0 fully saturated rings. The Balaban J connectivity index is 1.75. The summed E-state index contributed by atoms with van der Waals surface area (Å²) in [6, 6.07) is 13.0. The van der Waals surface area contributed by atoms with Crippen LogP contribution < -0.4 is 20.1 Å². The van der Waals surface area contributed by atoms with Crippen LogP contribution in [0.5, 0.6) is 11.5 Å². The Labute approximate surface area is 171 Å². The van der Waals surface area contributed by atoms with Crippen LogP contribution in [0, 0.1) is 0 Å². The molecular weight excluding hydrogens is 370 g/mol. The van der Waals surface area contributed by atoms with Crippen LogP contribution in [-0.4, -0.2) is 50.1 Å². The first-order chi connectivity index (χ1) is 14.0. The zero-order valence-electron chi connectivity index (χ0n) is 17.0. The second-order valence-corrected chi connectivity index (χ2v) is 6.77. The molecule has 2 N–H and O–H groups in total. The summed E-state index contributed by atoms with van der Waals surface area (Å²) in [7, 11) is 1.64. The molecule has 2 amide bonds. The summed E-state index contributed by atoms with van der Waals surface area (Å²) in [6.07, 6.45) is 0. The lowest BCUT2D eigenvalue weighted by molar-refractivity contribution is -0.118. The molecule has 2 aromatic rings. The molecule has 29 heavy (non-hydrogen) atoms. The standard InChI is InChI=1S/C22H27N3O4/c1-4-25(5-2)19(15-7-6-8-17(11-15)28-3)13-23-22(27)16-9-10-20-18(12-16)24-21(26)14-29-20/h6-12,19H,4-5,13-14H2,1-3H3,(H,23,27)(H,24,26). The molecule has 0 saturated heterocycles. The van der Waals surface area contributed by atoms with Gasteiger partial charge >= 0.3 is 0 Å². The molecule has 0 radical (unpaired) electrons. The third-order valence-corrected chi connectivity index (χ3v) is 5.06. The fourth-order valence-electron chi connectivity index (χ4n) is 3.49. The Hall–Kier alpha value is -3.06. The summed E-state index contributed by atoms with van der Waals surface area (Å²) < 4.78 is 10.7. The van der Waals surface area contributed by atoms with E-state index in [0.717, 1.165) is 24.4 Å². The fraction of sp³-hybridized carbons (Fsp3) is 0.364. The molecule has 154 valence electrons. The largest absolute Gasteiger partial charge is 0.497 e. The molecule has 2 aromatic carbocycles. The van der Waals surface area contributed by atoms with Gasteiger partial charge in [0.25, 0.3) is 11.8 Å². The Morgan fingerprint density at radius 2 is 2.03 bits per heavy atom. The van der Waals surface area contributed by atoms with Crippen molar-refractivity contribution in [1.82, 2.24) is 10.2 Å². The number of carbonyl (C=O) groups excluding carboxylic acids is 2. The SMILES string of the molecule is CCN(CC)C(CNC(=O)c1ccc2c(c1)NC(=O)CO2)c1cccc(OC)c1. The van der Waals surface area contributed by atoms with Crippen LogP contribution in [-0.2, 0) is 4.79 Å². The Bertz CT molecular complexity index is 880. The minimum atomic E-state index is -0.227. The van der Waals surface area contributed by atoms with Crippen molar-refractivity contribution in [2.24, 2.45) is 0 Å². The predicted octanol–water partition coefficient (Wildman–Crippen LogP) is 2.84. The van der Waals surface area contributed by atoms with Gasteiger partial charge in [0, 0.05) is 12.1 Å². The van der Waals surface area contributed by atoms with Crippen molar-refractivity contribution >= 4 is 17.5 Å². The zero-order chi connectivity index (χ0) is 20.8. The van der Waals surface area contributed by atoms with Gasteiger partial charge in [-0.2, -0.15) is 0 Å². The van der Waals surface area contributed by atoms with Gasteiger partial charge in [-0.25, -0.2) is 0 Å². The highest BCUT2D eigenvalue weighted by Gasteiger charge is 2.21. The third-order valence-electron chi connectivity index (χ3n) is 5.06. The second kappa shape index (κ2) is 9.43. The topological polar surface area (TPSA) is 79.9 Å². The third kappa shape index (κ3) is 4.86. The molecule has 0 aliphatic carbocycles. The lowest BCUT2D eigenvalue weighted by Gasteiger charge is -2.30. The second-order valence-electron chi connectivity index (χ2n) is 6.77. The minimum Gasteiger partial charge on any atom is -0.497 e. The number of fused-ring (bicyclic) bond motifs is 1. The number of nitrogens with one attached hydrogen (secondary N) is 2. The van der Waals surface area contributed by atoms with Gasteiger partial charge in [0.15, 0.2) is 6.61 Å². The van der Waals surface area contributed by atoms with Crippen molar-refractivity contribution in [2.75, 3.05) is 38.7 Å². The highest BCUT2D eigenvalue weighted by Crippen LogP contribution is 2.29. The maximum absolute atomic E-state index is 12.8. The number of hydrogen-bond acceptors (Lipinski definition) is 5. The number of methoxy groups -OCH3 is 1. The first-order valence-corrected chi connectivity index (χ1v) is 9.78. The molecule has 3 rings (SSSR count). The fourth-order valence-corrected chi connectivity index (χ4v) is 3.49. The van der Waals surface area contributed by atoms with Crippen molar-refractivity contribution in [3.05, 3.63) is 53.6 Å². The lowest BCUT2D eigenvalue weighted by Crippen LogP contribution is -2.38. The van der Waals surface area contributed by atoms with Gasteiger partial charge in [-0.15, -0.1) is 0 Å². The molecule has 0 spiro atoms. The monoisotopic (exact) mass is 397 g/mol. The Morgan fingerprint density at radius 3 is 2.76 bits per heavy atom. The van der Waals surface area contributed by atoms with Crippen LogP contribution in [0.2, 0.25) is 0 Å². The summed E-state index contributed by atoms with van der Waals surface area (Å²) in [6.45, 7) is 6.36. The van der Waals surface area contributed by atoms with Crippen molar-refractivity contribution < 1.29 is 19.1 Å². The molecule has 1 atom stereocenters. The number of benzene rings is 2. The number of nitrogens with zero attached hydrogens (tertiary/aromatic N) is 1. The van der Waals surface area contributed by atoms with Crippen LogP contribution in [0.4, 0.5) is 5.69 Å². The molecule has 1 unspecified atom stereocenters. The first kappa shape index (κ1) is 20.7. The van der Waals surface area contributed by atoms with E-state index in [9.17, 15) is 9.59 Å². The maximum Gasteiger partial charge on any atom is 0.262 e. The van der Waals surface area contributed by atoms with Gasteiger partial charge in [-0.1, -0.05) is 26.0 Å². The van der Waals surface area contributed by atoms with Crippen LogP contribution in [0.15, 0.2) is 42.5 Å². The number of rotatable bonds is 8. The predicted molar refractivity (Wildman–Crippen MR) is 112 cm³/mol. The van der Waals surface area contributed by atoms with E-state index in [-0.39, 0.29) is 24.5 Å². The van der Waals surface area contributed by atoms with Crippen molar-refractivity contribution in [1.29, 1.82) is 0 Å². The van der Waals surface area contributed by atoms with Gasteiger partial charge in [0.05, 0.1) is 18.8 Å². The van der Waals surface area contributed by atoms with Crippen LogP contribution >= 0.6 is 0 Å². The zero-order valence-corrected chi connectivity index (χ0v) is 17.0. The maximum atomic E-state index is 12.8. The highest BCUT2D eigenvalue weighted by atomic mass is 16.5. The summed E-state index contributed by atoms with van der Waals surface area (Å²) >= 11 is 0. The number of carbonyl (C=O) groups is 2. The number of amides is 2. The summed E-state index contributed by atoms with van der Waals surface area (Å²) in [5.41, 5.74) is 2.07. The summed E-state index contributed by atoms with van der Waals surface area (Å²) in [5, 5.41) is 5.76. The van der Waals surface area contributed by atoms with E-state index in [0.29, 0.717) is 23.5 Å². The first-order valence-electron chi connectivity index (χ1n) is 9.78. The van der Waals surface area contributed by atoms with Crippen LogP contribution in [0.25, 0.3) is 0 Å². The smallest absolute Gasteiger partial charge is 0.262 e. The van der Waals surface area contributed by atoms with E-state index in [1.54, 1.807) is 25.3 Å². The lowest BCUT2D eigenvalue weighted by atomic mass is 10.0. The molecular formula is C22H27N3O4. The van der Waals surface area contributed by atoms with Crippen molar-refractivity contribution in [3.8, 4) is 11.5 Å². The van der Waals surface area contributed by atoms with Crippen molar-refractivity contribution in [2.45, 2.75) is 19.9 Å². The van der Waals surface area contributed by atoms with E-state index in [1.807, 2.05) is 24.3 Å². The quantitative estimate of drug-likeness (QED) is 0.716. The summed E-state index contributed by atoms with van der Waals surface area (Å²) in [5.74, 6) is 0.928. The van der Waals surface area contributed by atoms with E-state index < -0.39 is 0 Å². The average Bonchev–Trinajstić information content (AvgIpc) is 2.75. The number of anilines is 1. The van der Waals surface area contributed by atoms with Gasteiger partial charge in [-0.05, 0) is 49.0 Å². The van der Waals surface area contributed by atoms with Gasteiger partial charge in [-0.3, -0.25) is 14.5 Å². The van der Waals surface area contributed by atoms with Crippen LogP contribution in [0.1, 0.15) is 35.8 Å². The molecule has 0 saturated carbocycles. The van der Waals surface area contributed by atoms with Crippen LogP contribution in [0.3, 0.4) is 0 Å². The van der Waals surface area contributed by atoms with Gasteiger partial charge < -0.3 is 20.1 Å². The molecule has 7 nitrogen and oxygen atoms in total. The molecule has 0 bridgehead atoms. The van der Waals surface area contributed by atoms with E-state index in [4.69, 9.17) is 9.47 Å². The normalized spacial score (nSPS) is 13.9. The average molecular weight is 397 g/mol. The Morgan fingerprint density at radius 1 is 1.24 bits per heavy atom. The van der Waals surface area contributed by atoms with Gasteiger partial charge in [0.2, 0.25) is 0 Å². The molecule has 1 aliphatic heterocycles. The number of ether oxygens (including phenoxy) is 2. The summed E-state index contributed by atoms with van der Waals surface area (Å²) in [4.78, 5) is 26.6. The molecule has 1 heterocycles. The van der Waals surface area contributed by atoms with E-state index in [2.05, 4.69) is 29.4 Å². The molecule has 7 heteroatoms. The number of hydrogen-bond donors (Lipinski definition) is 2. The Kier molecular flexibility index (Phi) is 6.72. The van der Waals surface area contributed by atoms with E-state index in [1.165, 1.54) is 0 Å². The molecule has 1 aliphatic rings. The number of likely N-dealkylation sites (N-methyl/N-ethyl adjacent to an activating group) is 1. The van der Waals surface area contributed by atoms with Crippen molar-refractivity contribution in [3.63, 3.8) is 0 Å².